The van der Waals surface area contributed by atoms with Crippen LogP contribution in [-0.2, 0) is 42.9 Å². The highest BCUT2D eigenvalue weighted by atomic mass is 32.2. The molecule has 2 aromatic heterocycles. The minimum Gasteiger partial charge on any atom is -0.395 e. The molecule has 0 saturated carbocycles. The zero-order valence-electron chi connectivity index (χ0n) is 37.9. The van der Waals surface area contributed by atoms with Gasteiger partial charge in [0.2, 0.25) is 9.84 Å². The summed E-state index contributed by atoms with van der Waals surface area (Å²) in [5.74, 6) is 0.884. The molecule has 0 spiro atoms. The van der Waals surface area contributed by atoms with Gasteiger partial charge in [0.1, 0.15) is 35.1 Å². The van der Waals surface area contributed by atoms with E-state index in [0.717, 1.165) is 11.1 Å². The van der Waals surface area contributed by atoms with Crippen molar-refractivity contribution >= 4 is 76.1 Å². The van der Waals surface area contributed by atoms with E-state index in [0.29, 0.717) is 30.5 Å². The Labute approximate surface area is 409 Å². The van der Waals surface area contributed by atoms with Crippen LogP contribution in [0.1, 0.15) is 33.4 Å². The Morgan fingerprint density at radius 2 is 0.803 bits per heavy atom. The maximum absolute atomic E-state index is 13.7. The van der Waals surface area contributed by atoms with Gasteiger partial charge in [-0.3, -0.25) is 9.11 Å². The van der Waals surface area contributed by atoms with Crippen LogP contribution in [0.3, 0.4) is 0 Å². The fraction of sp³-hybridized carbons (Fsp3) is 0.217. The number of rotatable bonds is 22. The molecule has 0 radical (unpaired) electrons. The average molecular weight is 1020 g/mol. The van der Waals surface area contributed by atoms with Gasteiger partial charge in [0, 0.05) is 37.3 Å². The van der Waals surface area contributed by atoms with Gasteiger partial charge >= 0.3 is 0 Å². The van der Waals surface area contributed by atoms with Crippen molar-refractivity contribution in [2.45, 2.75) is 46.3 Å². The number of aliphatic hydroxyl groups excluding tert-OH is 2. The lowest BCUT2D eigenvalue weighted by Crippen LogP contribution is -2.13. The molecule has 71 heavy (non-hydrogen) atoms. The van der Waals surface area contributed by atoms with Crippen LogP contribution in [0.15, 0.2) is 137 Å². The summed E-state index contributed by atoms with van der Waals surface area (Å²) in [6, 6.07) is 26.9. The van der Waals surface area contributed by atoms with E-state index < -0.39 is 30.1 Å². The molecule has 0 amide bonds. The lowest BCUT2D eigenvalue weighted by molar-refractivity contribution is 0.310. The molecule has 0 saturated heterocycles. The first-order valence-corrected chi connectivity index (χ1v) is 25.7. The van der Waals surface area contributed by atoms with Gasteiger partial charge in [0.05, 0.1) is 55.3 Å². The Bertz CT molecular complexity index is 3380. The number of pyridine rings is 2. The van der Waals surface area contributed by atoms with Crippen molar-refractivity contribution < 1.29 is 44.6 Å². The van der Waals surface area contributed by atoms with Crippen LogP contribution in [0.2, 0.25) is 0 Å². The lowest BCUT2D eigenvalue weighted by atomic mass is 10.1. The lowest BCUT2D eigenvalue weighted by Gasteiger charge is -2.15. The van der Waals surface area contributed by atoms with Crippen LogP contribution < -0.4 is 21.3 Å². The van der Waals surface area contributed by atoms with Crippen molar-refractivity contribution in [3.05, 3.63) is 130 Å². The number of hydrogen-bond donors (Lipinski definition) is 8. The maximum atomic E-state index is 13.7. The van der Waals surface area contributed by atoms with E-state index in [1.165, 1.54) is 72.8 Å². The molecular formula is C46H46N12O10S3. The summed E-state index contributed by atoms with van der Waals surface area (Å²) in [6.07, 6.45) is 0.819. The Balaban J connectivity index is 1.17. The molecule has 25 heteroatoms. The third-order valence-corrected chi connectivity index (χ3v) is 14.1. The van der Waals surface area contributed by atoms with Crippen molar-refractivity contribution in [1.29, 1.82) is 10.5 Å². The van der Waals surface area contributed by atoms with Gasteiger partial charge < -0.3 is 31.5 Å². The van der Waals surface area contributed by atoms with Gasteiger partial charge in [0.15, 0.2) is 11.6 Å². The summed E-state index contributed by atoms with van der Waals surface area (Å²) >= 11 is 0. The normalized spacial score (nSPS) is 11.9. The van der Waals surface area contributed by atoms with E-state index in [-0.39, 0.29) is 110 Å². The number of azo groups is 2. The molecule has 0 fully saturated rings. The van der Waals surface area contributed by atoms with E-state index in [1.54, 1.807) is 38.1 Å². The summed E-state index contributed by atoms with van der Waals surface area (Å²) in [7, 11) is -12.7. The van der Waals surface area contributed by atoms with Crippen LogP contribution in [-0.4, -0.2) is 93.9 Å². The smallest absolute Gasteiger partial charge is 0.294 e. The first-order chi connectivity index (χ1) is 33.9. The number of benzene rings is 4. The van der Waals surface area contributed by atoms with Crippen molar-refractivity contribution in [2.75, 3.05) is 60.7 Å². The van der Waals surface area contributed by atoms with E-state index in [9.17, 15) is 55.1 Å². The number of sulfone groups is 1. The number of aliphatic hydroxyl groups is 2. The van der Waals surface area contributed by atoms with Gasteiger partial charge in [0.25, 0.3) is 20.2 Å². The fourth-order valence-electron chi connectivity index (χ4n) is 6.80. The second kappa shape index (κ2) is 23.2. The molecule has 0 aliphatic rings. The minimum atomic E-state index is -4.35. The molecule has 0 atom stereocenters. The van der Waals surface area contributed by atoms with Crippen LogP contribution in [0.25, 0.3) is 0 Å². The van der Waals surface area contributed by atoms with E-state index in [4.69, 9.17) is 0 Å². The van der Waals surface area contributed by atoms with Crippen molar-refractivity contribution in [3.8, 4) is 12.1 Å². The number of nitriles is 2. The Kier molecular flexibility index (Phi) is 17.2. The van der Waals surface area contributed by atoms with Gasteiger partial charge in [-0.2, -0.15) is 37.6 Å². The molecule has 6 aromatic rings. The number of aromatic nitrogens is 2. The first-order valence-electron chi connectivity index (χ1n) is 21.4. The molecule has 0 aliphatic carbocycles. The first kappa shape index (κ1) is 52.6. The molecule has 8 N–H and O–H groups in total. The third-order valence-electron chi connectivity index (χ3n) is 10.5. The summed E-state index contributed by atoms with van der Waals surface area (Å²) in [5.41, 5.74) is 3.64. The topological polar surface area (TPSA) is 354 Å². The van der Waals surface area contributed by atoms with Crippen LogP contribution in [0.5, 0.6) is 0 Å². The molecule has 2 heterocycles. The molecule has 368 valence electrons. The highest BCUT2D eigenvalue weighted by molar-refractivity contribution is 7.91. The monoisotopic (exact) mass is 1020 g/mol. The van der Waals surface area contributed by atoms with Gasteiger partial charge in [-0.05, 0) is 111 Å². The van der Waals surface area contributed by atoms with Gasteiger partial charge in [-0.15, -0.1) is 10.2 Å². The van der Waals surface area contributed by atoms with Gasteiger partial charge in [-0.1, -0.05) is 24.3 Å². The van der Waals surface area contributed by atoms with Crippen molar-refractivity contribution in [2.24, 2.45) is 20.5 Å². The largest absolute Gasteiger partial charge is 0.395 e. The summed E-state index contributed by atoms with van der Waals surface area (Å²) in [5, 5.41) is 68.5. The molecule has 0 bridgehead atoms. The highest BCUT2D eigenvalue weighted by Crippen LogP contribution is 2.37. The number of hydrogen-bond acceptors (Lipinski definition) is 20. The summed E-state index contributed by atoms with van der Waals surface area (Å²) in [6.45, 7) is 3.63. The highest BCUT2D eigenvalue weighted by Gasteiger charge is 2.21. The molecule has 6 rings (SSSR count). The predicted molar refractivity (Wildman–Crippen MR) is 262 cm³/mol. The molecule has 0 unspecified atom stereocenters. The van der Waals surface area contributed by atoms with Crippen molar-refractivity contribution in [1.82, 2.24) is 9.97 Å². The standard InChI is InChI=1S/C46H46N12O10S3/c1-29-39(27-47)43(49-21-19-31-3-11-37(12-4-31)70(63,64)65)53-46(52-24-26-60)42(29)58-56-34-9-17-36(18-10-34)69(61,62)35-15-7-33(8-16-35)55-57-41-30(2)40(28-48)44(51-23-25-59)54-45(41)50-22-20-32-5-13-38(14-6-32)71(66,67)68/h3-18,59-60H,19-26H2,1-2H3,(H2,49,52,53)(H2,50,51,54)(H,63,64,65)(H,66,67,68)/b57-55+,58-56+. The quantitative estimate of drug-likeness (QED) is 0.0248. The van der Waals surface area contributed by atoms with Crippen LogP contribution >= 0.6 is 0 Å². The minimum absolute atomic E-state index is 0.0451. The summed E-state index contributed by atoms with van der Waals surface area (Å²) in [4.78, 5) is 8.51. The molecular weight excluding hydrogens is 977 g/mol. The van der Waals surface area contributed by atoms with Gasteiger partial charge in [-0.25, -0.2) is 18.4 Å². The summed E-state index contributed by atoms with van der Waals surface area (Å²) < 4.78 is 91.6. The third kappa shape index (κ3) is 13.3. The zero-order valence-corrected chi connectivity index (χ0v) is 40.4. The predicted octanol–water partition coefficient (Wildman–Crippen LogP) is 7.11. The second-order valence-electron chi connectivity index (χ2n) is 15.3. The molecule has 0 aliphatic heterocycles. The maximum Gasteiger partial charge on any atom is 0.294 e. The Morgan fingerprint density at radius 1 is 0.479 bits per heavy atom. The Morgan fingerprint density at radius 3 is 1.14 bits per heavy atom. The van der Waals surface area contributed by atoms with Crippen molar-refractivity contribution in [3.63, 3.8) is 0 Å². The SMILES string of the molecule is Cc1c(C#N)c(NCCc2ccc(S(=O)(=O)O)cc2)nc(NCCO)c1/N=N/c1ccc(S(=O)(=O)c2ccc(/N=N/c3c(NCCc4ccc(S(=O)(=O)O)cc4)nc(NCCO)c(C#N)c3C)cc2)cc1. The number of nitrogens with zero attached hydrogens (tertiary/aromatic N) is 8. The zero-order chi connectivity index (χ0) is 51.3. The van der Waals surface area contributed by atoms with E-state index in [1.807, 2.05) is 0 Å². The number of anilines is 4. The van der Waals surface area contributed by atoms with E-state index in [2.05, 4.69) is 63.8 Å². The molecule has 22 nitrogen and oxygen atoms in total. The van der Waals surface area contributed by atoms with E-state index >= 15 is 0 Å². The molecule has 4 aromatic carbocycles. The fourth-order valence-corrected chi connectivity index (χ4v) is 9.02. The second-order valence-corrected chi connectivity index (χ2v) is 20.1. The van der Waals surface area contributed by atoms with Crippen LogP contribution in [0, 0.1) is 36.5 Å². The Hall–Kier alpha value is -7.75. The number of nitrogens with one attached hydrogen (secondary N) is 4. The van der Waals surface area contributed by atoms with Crippen LogP contribution in [0.4, 0.5) is 46.0 Å². The average Bonchev–Trinajstić information content (AvgIpc) is 3.34.